The van der Waals surface area contributed by atoms with Gasteiger partial charge in [0.1, 0.15) is 5.82 Å². The van der Waals surface area contributed by atoms with Crippen LogP contribution in [0.1, 0.15) is 37.3 Å². The molecule has 1 saturated heterocycles. The predicted octanol–water partition coefficient (Wildman–Crippen LogP) is 1.68. The summed E-state index contributed by atoms with van der Waals surface area (Å²) in [5.74, 6) is 0.169. The monoisotopic (exact) mass is 414 g/mol. The summed E-state index contributed by atoms with van der Waals surface area (Å²) in [5.41, 5.74) is 1.34. The van der Waals surface area contributed by atoms with Gasteiger partial charge in [-0.1, -0.05) is 12.1 Å². The molecule has 7 nitrogen and oxygen atoms in total. The van der Waals surface area contributed by atoms with Gasteiger partial charge in [0.2, 0.25) is 10.0 Å². The molecule has 1 aliphatic heterocycles. The van der Waals surface area contributed by atoms with Crippen LogP contribution in [0.4, 0.5) is 4.39 Å². The van der Waals surface area contributed by atoms with Crippen molar-refractivity contribution in [2.75, 3.05) is 32.0 Å². The van der Waals surface area contributed by atoms with Gasteiger partial charge in [-0.3, -0.25) is 0 Å². The van der Waals surface area contributed by atoms with Gasteiger partial charge in [0.15, 0.2) is 5.96 Å². The number of ether oxygens (including phenoxy) is 1. The summed E-state index contributed by atoms with van der Waals surface area (Å²) < 4.78 is 46.1. The molecule has 3 N–H and O–H groups in total. The summed E-state index contributed by atoms with van der Waals surface area (Å²) in [6, 6.07) is 5.01. The first-order valence-corrected chi connectivity index (χ1v) is 11.4. The van der Waals surface area contributed by atoms with E-state index in [-0.39, 0.29) is 24.2 Å². The Morgan fingerprint density at radius 1 is 1.32 bits per heavy atom. The Kier molecular flexibility index (Phi) is 9.14. The van der Waals surface area contributed by atoms with Crippen molar-refractivity contribution in [3.8, 4) is 0 Å². The van der Waals surface area contributed by atoms with Crippen molar-refractivity contribution in [3.05, 3.63) is 35.1 Å². The maximum Gasteiger partial charge on any atom is 0.213 e. The average Bonchev–Trinajstić information content (AvgIpc) is 2.68. The van der Waals surface area contributed by atoms with E-state index in [4.69, 9.17) is 4.74 Å². The smallest absolute Gasteiger partial charge is 0.213 e. The number of guanidine groups is 1. The number of rotatable bonds is 9. The second-order valence-electron chi connectivity index (χ2n) is 6.86. The second-order valence-corrected chi connectivity index (χ2v) is 8.79. The fraction of sp³-hybridized carbons (Fsp3) is 0.632. The summed E-state index contributed by atoms with van der Waals surface area (Å²) in [6.07, 6.45) is 2.96. The van der Waals surface area contributed by atoms with Crippen molar-refractivity contribution in [1.29, 1.82) is 0 Å². The minimum absolute atomic E-state index is 0.0368. The quantitative estimate of drug-likeness (QED) is 0.422. The lowest BCUT2D eigenvalue weighted by atomic mass is 10.1. The molecule has 1 heterocycles. The lowest BCUT2D eigenvalue weighted by Crippen LogP contribution is -2.42. The van der Waals surface area contributed by atoms with Gasteiger partial charge < -0.3 is 15.4 Å². The molecule has 0 aromatic heterocycles. The molecule has 1 unspecified atom stereocenters. The van der Waals surface area contributed by atoms with Crippen LogP contribution in [0.2, 0.25) is 0 Å². The summed E-state index contributed by atoms with van der Waals surface area (Å²) in [6.45, 7) is 5.80. The van der Waals surface area contributed by atoms with Crippen LogP contribution in [0.5, 0.6) is 0 Å². The highest BCUT2D eigenvalue weighted by Gasteiger charge is 2.17. The zero-order valence-corrected chi connectivity index (χ0v) is 17.4. The first kappa shape index (κ1) is 22.6. The molecule has 0 saturated carbocycles. The van der Waals surface area contributed by atoms with E-state index in [0.29, 0.717) is 37.8 Å². The molecule has 158 valence electrons. The van der Waals surface area contributed by atoms with Crippen molar-refractivity contribution >= 4 is 16.0 Å². The molecule has 0 spiro atoms. The van der Waals surface area contributed by atoms with Gasteiger partial charge in [0, 0.05) is 26.2 Å². The molecule has 1 aliphatic rings. The Hall–Kier alpha value is -1.71. The van der Waals surface area contributed by atoms with Crippen LogP contribution in [-0.4, -0.2) is 52.5 Å². The highest BCUT2D eigenvalue weighted by molar-refractivity contribution is 7.89. The zero-order valence-electron chi connectivity index (χ0n) is 16.6. The summed E-state index contributed by atoms with van der Waals surface area (Å²) in [5, 5.41) is 6.06. The van der Waals surface area contributed by atoms with Crippen molar-refractivity contribution in [3.63, 3.8) is 0 Å². The normalized spacial score (nSPS) is 18.1. The predicted molar refractivity (Wildman–Crippen MR) is 109 cm³/mol. The first-order chi connectivity index (χ1) is 13.4. The van der Waals surface area contributed by atoms with Crippen molar-refractivity contribution in [1.82, 2.24) is 15.4 Å². The van der Waals surface area contributed by atoms with Crippen LogP contribution >= 0.6 is 0 Å². The maximum atomic E-state index is 13.6. The number of nitrogens with zero attached hydrogens (tertiary/aromatic N) is 1. The molecule has 2 rings (SSSR count). The third-order valence-electron chi connectivity index (χ3n) is 4.47. The molecule has 1 aromatic rings. The maximum absolute atomic E-state index is 13.6. The molecule has 0 aliphatic carbocycles. The number of hydrogen-bond donors (Lipinski definition) is 3. The number of aryl methyl sites for hydroxylation is 1. The van der Waals surface area contributed by atoms with Gasteiger partial charge in [0.25, 0.3) is 0 Å². The second kappa shape index (κ2) is 11.3. The lowest BCUT2D eigenvalue weighted by molar-refractivity contribution is 0.0200. The van der Waals surface area contributed by atoms with Crippen molar-refractivity contribution in [2.24, 2.45) is 4.99 Å². The van der Waals surface area contributed by atoms with E-state index in [1.807, 2.05) is 13.0 Å². The van der Waals surface area contributed by atoms with Crippen LogP contribution < -0.4 is 15.4 Å². The minimum Gasteiger partial charge on any atom is -0.377 e. The fourth-order valence-corrected chi connectivity index (χ4v) is 3.77. The largest absolute Gasteiger partial charge is 0.377 e. The number of aliphatic imine (C=N–C) groups is 1. The third-order valence-corrected chi connectivity index (χ3v) is 5.82. The highest BCUT2D eigenvalue weighted by atomic mass is 32.2. The standard InChI is InChI=1S/C19H31FN4O3S/c1-3-21-19(23-13-16-8-7-15(2)18(20)12-16)22-9-11-28(25,26)24-14-17-6-4-5-10-27-17/h7-8,12,17,24H,3-6,9-11,13-14H2,1-2H3,(H2,21,22,23). The molecule has 1 aromatic carbocycles. The number of sulfonamides is 1. The van der Waals surface area contributed by atoms with Gasteiger partial charge >= 0.3 is 0 Å². The van der Waals surface area contributed by atoms with Gasteiger partial charge in [0.05, 0.1) is 18.4 Å². The zero-order chi connectivity index (χ0) is 20.4. The van der Waals surface area contributed by atoms with E-state index in [0.717, 1.165) is 24.8 Å². The van der Waals surface area contributed by atoms with E-state index < -0.39 is 10.0 Å². The molecule has 1 fully saturated rings. The molecule has 1 atom stereocenters. The highest BCUT2D eigenvalue weighted by Crippen LogP contribution is 2.12. The van der Waals surface area contributed by atoms with Gasteiger partial charge in [-0.2, -0.15) is 0 Å². The number of hydrogen-bond acceptors (Lipinski definition) is 4. The Morgan fingerprint density at radius 2 is 2.14 bits per heavy atom. The van der Waals surface area contributed by atoms with Gasteiger partial charge in [-0.25, -0.2) is 22.5 Å². The number of benzene rings is 1. The Balaban J connectivity index is 1.80. The first-order valence-electron chi connectivity index (χ1n) is 9.76. The molecular formula is C19H31FN4O3S. The topological polar surface area (TPSA) is 91.8 Å². The van der Waals surface area contributed by atoms with Crippen molar-refractivity contribution < 1.29 is 17.5 Å². The minimum atomic E-state index is -3.39. The van der Waals surface area contributed by atoms with Crippen molar-refractivity contribution in [2.45, 2.75) is 45.8 Å². The molecule has 0 amide bonds. The van der Waals surface area contributed by atoms with E-state index in [1.165, 1.54) is 6.07 Å². The number of halogens is 1. The Labute approximate surface area is 167 Å². The van der Waals surface area contributed by atoms with Gasteiger partial charge in [-0.15, -0.1) is 0 Å². The average molecular weight is 415 g/mol. The van der Waals surface area contributed by atoms with Crippen LogP contribution in [0.3, 0.4) is 0 Å². The molecular weight excluding hydrogens is 383 g/mol. The van der Waals surface area contributed by atoms with Crippen LogP contribution in [0.25, 0.3) is 0 Å². The summed E-state index contributed by atoms with van der Waals surface area (Å²) in [4.78, 5) is 4.39. The SMILES string of the molecule is CCNC(=NCc1ccc(C)c(F)c1)NCCS(=O)(=O)NCC1CCCCO1. The third kappa shape index (κ3) is 8.12. The fourth-order valence-electron chi connectivity index (χ4n) is 2.81. The molecule has 0 bridgehead atoms. The van der Waals surface area contributed by atoms with Crippen LogP contribution in [-0.2, 0) is 21.3 Å². The van der Waals surface area contributed by atoms with E-state index in [9.17, 15) is 12.8 Å². The molecule has 28 heavy (non-hydrogen) atoms. The van der Waals surface area contributed by atoms with Gasteiger partial charge in [-0.05, 0) is 50.3 Å². The lowest BCUT2D eigenvalue weighted by Gasteiger charge is -2.22. The summed E-state index contributed by atoms with van der Waals surface area (Å²) in [7, 11) is -3.39. The van der Waals surface area contributed by atoms with Crippen LogP contribution in [0, 0.1) is 12.7 Å². The Morgan fingerprint density at radius 3 is 2.82 bits per heavy atom. The molecule has 0 radical (unpaired) electrons. The van der Waals surface area contributed by atoms with Crippen LogP contribution in [0.15, 0.2) is 23.2 Å². The van der Waals surface area contributed by atoms with E-state index >= 15 is 0 Å². The Bertz CT molecular complexity index is 750. The number of nitrogens with one attached hydrogen (secondary N) is 3. The van der Waals surface area contributed by atoms with E-state index in [1.54, 1.807) is 13.0 Å². The van der Waals surface area contributed by atoms with E-state index in [2.05, 4.69) is 20.3 Å². The summed E-state index contributed by atoms with van der Waals surface area (Å²) >= 11 is 0. The molecule has 9 heteroatoms.